The highest BCUT2D eigenvalue weighted by Crippen LogP contribution is 2.28. The molecule has 0 spiro atoms. The first-order valence-corrected chi connectivity index (χ1v) is 9.42. The summed E-state index contributed by atoms with van der Waals surface area (Å²) in [6.45, 7) is 0. The van der Waals surface area contributed by atoms with Crippen molar-refractivity contribution in [2.75, 3.05) is 0 Å². The molecule has 5 heteroatoms. The number of ether oxygens (including phenoxy) is 1. The second-order valence-corrected chi connectivity index (χ2v) is 7.01. The number of carbonyl (C=O) groups is 1. The van der Waals surface area contributed by atoms with E-state index in [0.29, 0.717) is 22.4 Å². The Bertz CT molecular complexity index is 1310. The van der Waals surface area contributed by atoms with Crippen LogP contribution >= 0.6 is 11.6 Å². The molecule has 0 N–H and O–H groups in total. The van der Waals surface area contributed by atoms with Gasteiger partial charge in [0.1, 0.15) is 11.5 Å². The van der Waals surface area contributed by atoms with Crippen molar-refractivity contribution in [3.05, 3.63) is 101 Å². The molecule has 0 saturated carbocycles. The van der Waals surface area contributed by atoms with Gasteiger partial charge in [0.2, 0.25) is 5.90 Å². The van der Waals surface area contributed by atoms with Crippen molar-refractivity contribution >= 4 is 40.3 Å². The maximum Gasteiger partial charge on any atom is 0.363 e. The maximum absolute atomic E-state index is 12.4. The number of carbonyl (C=O) groups excluding carboxylic acids is 1. The van der Waals surface area contributed by atoms with E-state index in [1.54, 1.807) is 18.2 Å². The lowest BCUT2D eigenvalue weighted by molar-refractivity contribution is -0.129. The van der Waals surface area contributed by atoms with Crippen molar-refractivity contribution in [3.8, 4) is 11.3 Å². The van der Waals surface area contributed by atoms with Crippen molar-refractivity contribution in [1.82, 2.24) is 0 Å². The van der Waals surface area contributed by atoms with Gasteiger partial charge in [-0.1, -0.05) is 60.1 Å². The molecule has 4 nitrogen and oxygen atoms in total. The molecule has 0 saturated heterocycles. The number of cyclic esters (lactones) is 1. The number of aliphatic imine (C=N–C) groups is 1. The van der Waals surface area contributed by atoms with E-state index in [1.807, 2.05) is 66.7 Å². The zero-order valence-corrected chi connectivity index (χ0v) is 15.9. The fraction of sp³-hybridized carbons (Fsp3) is 0. The second-order valence-electron chi connectivity index (χ2n) is 6.58. The van der Waals surface area contributed by atoms with E-state index in [2.05, 4.69) is 4.99 Å². The largest absolute Gasteiger partial charge is 0.457 e. The Morgan fingerprint density at radius 3 is 2.62 bits per heavy atom. The Balaban J connectivity index is 1.50. The SMILES string of the molecule is O=C1OC(c2cccc3ccccc23)=NC1=Cc1ccc(-c2cccc(Cl)c2)o1. The number of hydrogen-bond donors (Lipinski definition) is 0. The number of hydrogen-bond acceptors (Lipinski definition) is 4. The van der Waals surface area contributed by atoms with Crippen LogP contribution in [-0.4, -0.2) is 11.9 Å². The van der Waals surface area contributed by atoms with E-state index in [9.17, 15) is 4.79 Å². The molecule has 29 heavy (non-hydrogen) atoms. The summed E-state index contributed by atoms with van der Waals surface area (Å²) in [4.78, 5) is 16.8. The van der Waals surface area contributed by atoms with Crippen LogP contribution in [0.4, 0.5) is 0 Å². The predicted molar refractivity (Wildman–Crippen MR) is 114 cm³/mol. The first-order valence-electron chi connectivity index (χ1n) is 9.04. The predicted octanol–water partition coefficient (Wildman–Crippen LogP) is 6.10. The molecule has 3 aromatic carbocycles. The van der Waals surface area contributed by atoms with Gasteiger partial charge in [0.15, 0.2) is 5.70 Å². The topological polar surface area (TPSA) is 51.8 Å². The van der Waals surface area contributed by atoms with Crippen LogP contribution in [0.3, 0.4) is 0 Å². The van der Waals surface area contributed by atoms with Crippen molar-refractivity contribution in [1.29, 1.82) is 0 Å². The average molecular weight is 400 g/mol. The van der Waals surface area contributed by atoms with E-state index in [4.69, 9.17) is 20.8 Å². The summed E-state index contributed by atoms with van der Waals surface area (Å²) in [6, 6.07) is 24.7. The third-order valence-electron chi connectivity index (χ3n) is 4.66. The third-order valence-corrected chi connectivity index (χ3v) is 4.89. The van der Waals surface area contributed by atoms with Crippen molar-refractivity contribution in [2.45, 2.75) is 0 Å². The number of nitrogens with zero attached hydrogens (tertiary/aromatic N) is 1. The van der Waals surface area contributed by atoms with Crippen LogP contribution in [0, 0.1) is 0 Å². The van der Waals surface area contributed by atoms with Crippen LogP contribution in [0.15, 0.2) is 94.0 Å². The molecule has 4 aromatic rings. The molecule has 1 aliphatic rings. The zero-order chi connectivity index (χ0) is 19.8. The van der Waals surface area contributed by atoms with Gasteiger partial charge in [-0.15, -0.1) is 0 Å². The van der Waals surface area contributed by atoms with Gasteiger partial charge in [-0.2, -0.15) is 0 Å². The standard InChI is InChI=1S/C24H14ClNO3/c25-17-8-3-7-16(13-17)22-12-11-18(28-22)14-21-24(27)29-23(26-21)20-10-4-6-15-5-1-2-9-19(15)20/h1-14H. The molecule has 0 aliphatic carbocycles. The molecule has 5 rings (SSSR count). The molecule has 0 fully saturated rings. The molecule has 0 atom stereocenters. The smallest absolute Gasteiger partial charge is 0.363 e. The van der Waals surface area contributed by atoms with Gasteiger partial charge in [0, 0.05) is 22.2 Å². The van der Waals surface area contributed by atoms with Crippen LogP contribution in [0.1, 0.15) is 11.3 Å². The van der Waals surface area contributed by atoms with Gasteiger partial charge in [0.05, 0.1) is 0 Å². The number of furan rings is 1. The zero-order valence-electron chi connectivity index (χ0n) is 15.1. The first-order chi connectivity index (χ1) is 14.2. The number of rotatable bonds is 3. The third kappa shape index (κ3) is 3.35. The Hall–Kier alpha value is -3.63. The highest BCUT2D eigenvalue weighted by molar-refractivity contribution is 6.30. The number of benzene rings is 3. The van der Waals surface area contributed by atoms with Gasteiger partial charge < -0.3 is 9.15 Å². The average Bonchev–Trinajstić information content (AvgIpc) is 3.35. The Morgan fingerprint density at radius 1 is 0.897 bits per heavy atom. The fourth-order valence-corrected chi connectivity index (χ4v) is 3.49. The van der Waals surface area contributed by atoms with Crippen LogP contribution < -0.4 is 0 Å². The quantitative estimate of drug-likeness (QED) is 0.309. The minimum atomic E-state index is -0.506. The Kier molecular flexibility index (Phi) is 4.26. The van der Waals surface area contributed by atoms with E-state index in [-0.39, 0.29) is 5.70 Å². The summed E-state index contributed by atoms with van der Waals surface area (Å²) >= 11 is 6.04. The number of halogens is 1. The molecule has 0 radical (unpaired) electrons. The highest BCUT2D eigenvalue weighted by Gasteiger charge is 2.25. The van der Waals surface area contributed by atoms with Gasteiger partial charge >= 0.3 is 5.97 Å². The van der Waals surface area contributed by atoms with E-state index < -0.39 is 5.97 Å². The molecular weight excluding hydrogens is 386 g/mol. The minimum Gasteiger partial charge on any atom is -0.457 e. The summed E-state index contributed by atoms with van der Waals surface area (Å²) in [5.74, 6) is 0.951. The van der Waals surface area contributed by atoms with Crippen molar-refractivity contribution in [3.63, 3.8) is 0 Å². The number of esters is 1. The lowest BCUT2D eigenvalue weighted by atomic mass is 10.0. The molecule has 2 heterocycles. The monoisotopic (exact) mass is 399 g/mol. The minimum absolute atomic E-state index is 0.194. The summed E-state index contributed by atoms with van der Waals surface area (Å²) < 4.78 is 11.3. The lowest BCUT2D eigenvalue weighted by Gasteiger charge is -2.04. The van der Waals surface area contributed by atoms with E-state index >= 15 is 0 Å². The molecule has 0 unspecified atom stereocenters. The van der Waals surface area contributed by atoms with Crippen LogP contribution in [0.25, 0.3) is 28.2 Å². The molecule has 1 aromatic heterocycles. The normalized spacial score (nSPS) is 15.0. The summed E-state index contributed by atoms with van der Waals surface area (Å²) in [5, 5.41) is 2.66. The van der Waals surface area contributed by atoms with Gasteiger partial charge in [-0.25, -0.2) is 9.79 Å². The van der Waals surface area contributed by atoms with Crippen molar-refractivity contribution in [2.24, 2.45) is 4.99 Å². The molecular formula is C24H14ClNO3. The van der Waals surface area contributed by atoms with Crippen LogP contribution in [-0.2, 0) is 9.53 Å². The van der Waals surface area contributed by atoms with Crippen LogP contribution in [0.5, 0.6) is 0 Å². The fourth-order valence-electron chi connectivity index (χ4n) is 3.30. The lowest BCUT2D eigenvalue weighted by Crippen LogP contribution is -2.05. The van der Waals surface area contributed by atoms with Crippen LogP contribution in [0.2, 0.25) is 5.02 Å². The first kappa shape index (κ1) is 17.5. The Labute approximate surface area is 171 Å². The molecule has 1 aliphatic heterocycles. The Morgan fingerprint density at radius 2 is 1.72 bits per heavy atom. The summed E-state index contributed by atoms with van der Waals surface area (Å²) in [5.41, 5.74) is 1.83. The second kappa shape index (κ2) is 7.08. The van der Waals surface area contributed by atoms with Gasteiger partial charge in [-0.05, 0) is 41.1 Å². The number of fused-ring (bicyclic) bond motifs is 1. The van der Waals surface area contributed by atoms with E-state index in [0.717, 1.165) is 21.9 Å². The van der Waals surface area contributed by atoms with Gasteiger partial charge in [-0.3, -0.25) is 0 Å². The maximum atomic E-state index is 12.4. The highest BCUT2D eigenvalue weighted by atomic mass is 35.5. The van der Waals surface area contributed by atoms with E-state index in [1.165, 1.54) is 0 Å². The summed E-state index contributed by atoms with van der Waals surface area (Å²) in [6.07, 6.45) is 1.58. The van der Waals surface area contributed by atoms with Crippen molar-refractivity contribution < 1.29 is 13.9 Å². The van der Waals surface area contributed by atoms with Gasteiger partial charge in [0.25, 0.3) is 0 Å². The molecule has 140 valence electrons. The molecule has 0 amide bonds. The summed E-state index contributed by atoms with van der Waals surface area (Å²) in [7, 11) is 0. The molecule has 0 bridgehead atoms.